The first kappa shape index (κ1) is 13.2. The van der Waals surface area contributed by atoms with Gasteiger partial charge in [0.2, 0.25) is 11.8 Å². The van der Waals surface area contributed by atoms with Crippen LogP contribution >= 0.6 is 0 Å². The number of carboxylic acids is 1. The quantitative estimate of drug-likeness (QED) is 0.719. The van der Waals surface area contributed by atoms with Crippen LogP contribution in [0, 0.1) is 0 Å². The van der Waals surface area contributed by atoms with Crippen LogP contribution in [-0.2, 0) is 16.1 Å². The van der Waals surface area contributed by atoms with Gasteiger partial charge in [0.25, 0.3) is 0 Å². The number of aromatic nitrogens is 1. The van der Waals surface area contributed by atoms with Gasteiger partial charge in [0.1, 0.15) is 5.69 Å². The van der Waals surface area contributed by atoms with Crippen molar-refractivity contribution in [2.75, 3.05) is 7.05 Å². The van der Waals surface area contributed by atoms with Crippen LogP contribution in [0.15, 0.2) is 18.2 Å². The van der Waals surface area contributed by atoms with Crippen LogP contribution in [0.1, 0.15) is 22.6 Å². The lowest BCUT2D eigenvalue weighted by Crippen LogP contribution is -2.36. The maximum absolute atomic E-state index is 11.6. The first-order valence-electron chi connectivity index (χ1n) is 5.72. The topological polar surface area (TPSA) is 99.6 Å². The van der Waals surface area contributed by atoms with Crippen molar-refractivity contribution >= 4 is 17.8 Å². The normalized spacial score (nSPS) is 19.0. The largest absolute Gasteiger partial charge is 0.477 e. The molecule has 2 heterocycles. The monoisotopic (exact) mass is 263 g/mol. The summed E-state index contributed by atoms with van der Waals surface area (Å²) in [6, 6.07) is 4.07. The molecule has 2 amide bonds. The Morgan fingerprint density at radius 2 is 2.26 bits per heavy atom. The van der Waals surface area contributed by atoms with E-state index in [2.05, 4.69) is 10.3 Å². The minimum Gasteiger partial charge on any atom is -0.477 e. The van der Waals surface area contributed by atoms with Crippen LogP contribution in [0.25, 0.3) is 0 Å². The van der Waals surface area contributed by atoms with Gasteiger partial charge in [-0.1, -0.05) is 6.07 Å². The van der Waals surface area contributed by atoms with Crippen molar-refractivity contribution in [2.24, 2.45) is 0 Å². The maximum Gasteiger partial charge on any atom is 0.354 e. The number of nitrogens with zero attached hydrogens (tertiary/aromatic N) is 2. The molecule has 1 saturated heterocycles. The zero-order valence-electron chi connectivity index (χ0n) is 10.3. The van der Waals surface area contributed by atoms with Crippen LogP contribution in [-0.4, -0.2) is 45.9 Å². The van der Waals surface area contributed by atoms with Crippen molar-refractivity contribution in [3.8, 4) is 0 Å². The highest BCUT2D eigenvalue weighted by molar-refractivity contribution is 6.05. The SMILES string of the molecule is CN1C(=O)CC(NCc2cccc(C(=O)O)n2)C1=O. The predicted molar refractivity (Wildman–Crippen MR) is 64.2 cm³/mol. The lowest BCUT2D eigenvalue weighted by Gasteiger charge is -2.10. The molecule has 0 saturated carbocycles. The molecule has 0 radical (unpaired) electrons. The van der Waals surface area contributed by atoms with Gasteiger partial charge in [-0.2, -0.15) is 0 Å². The summed E-state index contributed by atoms with van der Waals surface area (Å²) in [5.41, 5.74) is 0.458. The fraction of sp³-hybridized carbons (Fsp3) is 0.333. The minimum atomic E-state index is -1.10. The minimum absolute atomic E-state index is 0.0507. The van der Waals surface area contributed by atoms with Crippen molar-refractivity contribution in [3.05, 3.63) is 29.6 Å². The molecule has 1 fully saturated rings. The number of imide groups is 1. The summed E-state index contributed by atoms with van der Waals surface area (Å²) in [7, 11) is 1.44. The molecule has 100 valence electrons. The summed E-state index contributed by atoms with van der Waals surface area (Å²) < 4.78 is 0. The Morgan fingerprint density at radius 1 is 1.53 bits per heavy atom. The molecule has 2 N–H and O–H groups in total. The Hall–Kier alpha value is -2.28. The van der Waals surface area contributed by atoms with Crippen molar-refractivity contribution < 1.29 is 19.5 Å². The molecular weight excluding hydrogens is 250 g/mol. The summed E-state index contributed by atoms with van der Waals surface area (Å²) in [6.07, 6.45) is 0.119. The molecule has 2 rings (SSSR count). The molecule has 1 aromatic heterocycles. The fourth-order valence-electron chi connectivity index (χ4n) is 1.84. The third kappa shape index (κ3) is 2.76. The van der Waals surface area contributed by atoms with Gasteiger partial charge in [0.15, 0.2) is 0 Å². The molecule has 1 aliphatic heterocycles. The molecule has 1 unspecified atom stereocenters. The van der Waals surface area contributed by atoms with E-state index in [0.29, 0.717) is 5.69 Å². The van der Waals surface area contributed by atoms with Crippen LogP contribution in [0.3, 0.4) is 0 Å². The van der Waals surface area contributed by atoms with E-state index in [4.69, 9.17) is 5.11 Å². The summed E-state index contributed by atoms with van der Waals surface area (Å²) in [4.78, 5) is 38.7. The van der Waals surface area contributed by atoms with E-state index in [1.165, 1.54) is 13.1 Å². The zero-order valence-corrected chi connectivity index (χ0v) is 10.3. The van der Waals surface area contributed by atoms with Gasteiger partial charge < -0.3 is 5.11 Å². The van der Waals surface area contributed by atoms with E-state index in [1.807, 2.05) is 0 Å². The molecule has 1 aromatic rings. The Kier molecular flexibility index (Phi) is 3.57. The van der Waals surface area contributed by atoms with Crippen molar-refractivity contribution in [1.29, 1.82) is 0 Å². The highest BCUT2D eigenvalue weighted by Crippen LogP contribution is 2.11. The molecule has 7 nitrogen and oxygen atoms in total. The number of likely N-dealkylation sites (N-methyl/N-ethyl adjacent to an activating group) is 1. The van der Waals surface area contributed by atoms with Gasteiger partial charge in [-0.25, -0.2) is 9.78 Å². The Bertz CT molecular complexity index is 544. The highest BCUT2D eigenvalue weighted by Gasteiger charge is 2.35. The number of hydrogen-bond acceptors (Lipinski definition) is 5. The summed E-state index contributed by atoms with van der Waals surface area (Å²) in [5, 5.41) is 11.7. The van der Waals surface area contributed by atoms with Gasteiger partial charge in [-0.3, -0.25) is 19.8 Å². The number of carbonyl (C=O) groups excluding carboxylic acids is 2. The molecule has 19 heavy (non-hydrogen) atoms. The molecule has 0 aromatic carbocycles. The first-order chi connectivity index (χ1) is 8.99. The van der Waals surface area contributed by atoms with Crippen LogP contribution < -0.4 is 5.32 Å². The zero-order chi connectivity index (χ0) is 14.0. The van der Waals surface area contributed by atoms with Crippen LogP contribution in [0.5, 0.6) is 0 Å². The molecular formula is C12H13N3O4. The Labute approximate surface area is 109 Å². The second-order valence-corrected chi connectivity index (χ2v) is 4.25. The third-order valence-electron chi connectivity index (χ3n) is 2.94. The third-order valence-corrected chi connectivity index (χ3v) is 2.94. The smallest absolute Gasteiger partial charge is 0.354 e. The van der Waals surface area contributed by atoms with E-state index in [9.17, 15) is 14.4 Å². The van der Waals surface area contributed by atoms with Gasteiger partial charge in [-0.15, -0.1) is 0 Å². The average molecular weight is 263 g/mol. The lowest BCUT2D eigenvalue weighted by molar-refractivity contribution is -0.137. The van der Waals surface area contributed by atoms with Gasteiger partial charge in [0, 0.05) is 13.6 Å². The molecule has 1 atom stereocenters. The highest BCUT2D eigenvalue weighted by atomic mass is 16.4. The fourth-order valence-corrected chi connectivity index (χ4v) is 1.84. The van der Waals surface area contributed by atoms with E-state index in [1.54, 1.807) is 12.1 Å². The van der Waals surface area contributed by atoms with Crippen LogP contribution in [0.4, 0.5) is 0 Å². The van der Waals surface area contributed by atoms with E-state index in [-0.39, 0.29) is 30.5 Å². The van der Waals surface area contributed by atoms with E-state index >= 15 is 0 Å². The number of pyridine rings is 1. The number of rotatable bonds is 4. The van der Waals surface area contributed by atoms with Crippen molar-refractivity contribution in [2.45, 2.75) is 19.0 Å². The number of aromatic carboxylic acids is 1. The Balaban J connectivity index is 2.00. The summed E-state index contributed by atoms with van der Waals surface area (Å²) in [5.74, 6) is -1.61. The molecule has 0 spiro atoms. The number of hydrogen-bond donors (Lipinski definition) is 2. The number of carbonyl (C=O) groups is 3. The number of nitrogens with one attached hydrogen (secondary N) is 1. The molecule has 7 heteroatoms. The number of likely N-dealkylation sites (tertiary alicyclic amines) is 1. The molecule has 1 aliphatic rings. The summed E-state index contributed by atoms with van der Waals surface area (Å²) >= 11 is 0. The average Bonchev–Trinajstić information content (AvgIpc) is 2.64. The van der Waals surface area contributed by atoms with Gasteiger partial charge in [0.05, 0.1) is 18.2 Å². The van der Waals surface area contributed by atoms with Gasteiger partial charge in [-0.05, 0) is 12.1 Å². The van der Waals surface area contributed by atoms with Crippen molar-refractivity contribution in [3.63, 3.8) is 0 Å². The number of amides is 2. The van der Waals surface area contributed by atoms with Crippen LogP contribution in [0.2, 0.25) is 0 Å². The summed E-state index contributed by atoms with van der Waals surface area (Å²) in [6.45, 7) is 0.235. The molecule has 0 bridgehead atoms. The van der Waals surface area contributed by atoms with E-state index in [0.717, 1.165) is 4.90 Å². The van der Waals surface area contributed by atoms with Gasteiger partial charge >= 0.3 is 5.97 Å². The molecule has 0 aliphatic carbocycles. The lowest BCUT2D eigenvalue weighted by atomic mass is 10.2. The predicted octanol–water partition coefficient (Wildman–Crippen LogP) is -0.373. The second kappa shape index (κ2) is 5.15. The Morgan fingerprint density at radius 3 is 2.84 bits per heavy atom. The maximum atomic E-state index is 11.6. The van der Waals surface area contributed by atoms with E-state index < -0.39 is 12.0 Å². The second-order valence-electron chi connectivity index (χ2n) is 4.25. The first-order valence-corrected chi connectivity index (χ1v) is 5.72. The number of carboxylic acid groups (broad SMARTS) is 1. The van der Waals surface area contributed by atoms with Crippen molar-refractivity contribution in [1.82, 2.24) is 15.2 Å². The standard InChI is InChI=1S/C12H13N3O4/c1-15-10(16)5-9(11(15)17)13-6-7-3-2-4-8(14-7)12(18)19/h2-4,9,13H,5-6H2,1H3,(H,18,19).